The van der Waals surface area contributed by atoms with E-state index in [-0.39, 0.29) is 30.3 Å². The Kier molecular flexibility index (Phi) is 10.4. The number of benzene rings is 1. The fourth-order valence-corrected chi connectivity index (χ4v) is 4.93. The number of allylic oxidation sites excluding steroid dienone is 1. The second-order valence-electron chi connectivity index (χ2n) is 9.83. The fourth-order valence-electron chi connectivity index (χ4n) is 4.93. The molecule has 7 heteroatoms. The van der Waals surface area contributed by atoms with Crippen LogP contribution in [0.4, 0.5) is 0 Å². The summed E-state index contributed by atoms with van der Waals surface area (Å²) in [6.45, 7) is 12.2. The summed E-state index contributed by atoms with van der Waals surface area (Å²) in [5, 5.41) is 6.14. The third-order valence-corrected chi connectivity index (χ3v) is 7.02. The molecule has 1 fully saturated rings. The van der Waals surface area contributed by atoms with E-state index in [1.807, 2.05) is 30.3 Å². The van der Waals surface area contributed by atoms with Gasteiger partial charge in [0, 0.05) is 39.1 Å². The van der Waals surface area contributed by atoms with E-state index in [0.717, 1.165) is 39.3 Å². The molecule has 0 aromatic heterocycles. The van der Waals surface area contributed by atoms with Gasteiger partial charge < -0.3 is 20.1 Å². The number of nitrogens with one attached hydrogen (secondary N) is 2. The molecule has 1 aromatic rings. The quantitative estimate of drug-likeness (QED) is 0.485. The van der Waals surface area contributed by atoms with Crippen LogP contribution in [0, 0.1) is 23.7 Å². The van der Waals surface area contributed by atoms with Crippen LogP contribution in [0.3, 0.4) is 0 Å². The van der Waals surface area contributed by atoms with Gasteiger partial charge in [0.05, 0.1) is 13.2 Å². The Hall–Kier alpha value is -2.38. The summed E-state index contributed by atoms with van der Waals surface area (Å²) in [5.41, 5.74) is 1.25. The lowest BCUT2D eigenvalue weighted by Gasteiger charge is -2.37. The van der Waals surface area contributed by atoms with Gasteiger partial charge in [0.2, 0.25) is 5.91 Å². The number of hydrogen-bond donors (Lipinski definition) is 2. The van der Waals surface area contributed by atoms with Gasteiger partial charge in [-0.15, -0.1) is 0 Å². The Balaban J connectivity index is 1.44. The number of morpholine rings is 1. The Morgan fingerprint density at radius 3 is 2.56 bits per heavy atom. The monoisotopic (exact) mass is 471 g/mol. The molecule has 3 rings (SSSR count). The van der Waals surface area contributed by atoms with Crippen molar-refractivity contribution < 1.29 is 19.1 Å². The van der Waals surface area contributed by atoms with Gasteiger partial charge in [-0.3, -0.25) is 14.5 Å². The number of ether oxygens (including phenoxy) is 2. The van der Waals surface area contributed by atoms with Crippen molar-refractivity contribution in [3.05, 3.63) is 42.0 Å². The van der Waals surface area contributed by atoms with Gasteiger partial charge in [0.15, 0.2) is 6.61 Å². The Bertz CT molecular complexity index is 805. The first-order chi connectivity index (χ1) is 16.4. The summed E-state index contributed by atoms with van der Waals surface area (Å²) in [7, 11) is 0. The predicted molar refractivity (Wildman–Crippen MR) is 134 cm³/mol. The number of hydrogen-bond acceptors (Lipinski definition) is 5. The van der Waals surface area contributed by atoms with E-state index in [1.165, 1.54) is 5.57 Å². The molecule has 0 spiro atoms. The lowest BCUT2D eigenvalue weighted by atomic mass is 9.69. The molecule has 2 N–H and O–H groups in total. The van der Waals surface area contributed by atoms with Crippen molar-refractivity contribution in [1.82, 2.24) is 15.5 Å². The molecule has 0 saturated carbocycles. The molecule has 3 atom stereocenters. The van der Waals surface area contributed by atoms with Crippen LogP contribution in [-0.4, -0.2) is 69.3 Å². The summed E-state index contributed by atoms with van der Waals surface area (Å²) in [6, 6.07) is 9.37. The summed E-state index contributed by atoms with van der Waals surface area (Å²) in [6.07, 6.45) is 3.77. The molecule has 0 radical (unpaired) electrons. The zero-order valence-electron chi connectivity index (χ0n) is 20.9. The first-order valence-corrected chi connectivity index (χ1v) is 12.6. The van der Waals surface area contributed by atoms with Crippen LogP contribution >= 0.6 is 0 Å². The zero-order valence-corrected chi connectivity index (χ0v) is 20.9. The van der Waals surface area contributed by atoms with Crippen molar-refractivity contribution in [2.45, 2.75) is 33.6 Å². The van der Waals surface area contributed by atoms with Crippen LogP contribution in [0.5, 0.6) is 5.75 Å². The minimum atomic E-state index is -0.112. The van der Waals surface area contributed by atoms with Crippen molar-refractivity contribution >= 4 is 11.8 Å². The van der Waals surface area contributed by atoms with E-state index < -0.39 is 0 Å². The lowest BCUT2D eigenvalue weighted by molar-refractivity contribution is -0.123. The number of amides is 2. The van der Waals surface area contributed by atoms with Gasteiger partial charge in [0.1, 0.15) is 5.75 Å². The van der Waals surface area contributed by atoms with Crippen molar-refractivity contribution in [1.29, 1.82) is 0 Å². The normalized spacial score (nSPS) is 23.3. The van der Waals surface area contributed by atoms with Crippen molar-refractivity contribution in [2.24, 2.45) is 23.7 Å². The van der Waals surface area contributed by atoms with Crippen LogP contribution in [-0.2, 0) is 14.3 Å². The van der Waals surface area contributed by atoms with E-state index in [1.54, 1.807) is 0 Å². The zero-order chi connectivity index (χ0) is 24.3. The molecule has 1 aromatic carbocycles. The highest BCUT2D eigenvalue weighted by molar-refractivity contribution is 5.77. The first kappa shape index (κ1) is 26.2. The van der Waals surface area contributed by atoms with Crippen molar-refractivity contribution in [2.75, 3.05) is 52.5 Å². The molecule has 1 aliphatic carbocycles. The van der Waals surface area contributed by atoms with E-state index in [4.69, 9.17) is 9.47 Å². The Labute approximate surface area is 204 Å². The third-order valence-electron chi connectivity index (χ3n) is 7.02. The van der Waals surface area contributed by atoms with E-state index in [2.05, 4.69) is 42.4 Å². The number of para-hydroxylation sites is 1. The highest BCUT2D eigenvalue weighted by atomic mass is 16.5. The second kappa shape index (κ2) is 13.5. The predicted octanol–water partition coefficient (Wildman–Crippen LogP) is 2.87. The molecule has 1 saturated heterocycles. The summed E-state index contributed by atoms with van der Waals surface area (Å²) in [5.74, 6) is 2.11. The molecule has 0 bridgehead atoms. The van der Waals surface area contributed by atoms with E-state index in [0.29, 0.717) is 37.1 Å². The standard InChI is InChI=1S/C27H41N3O4/c1-20(2)25-16-22(17-26(31)28-9-10-30-11-13-33-14-12-30)21(3)15-23(25)18-29-27(32)19-34-24-7-5-4-6-8-24/h4-8,15,20,22-23,25H,9-14,16-19H2,1-3H3,(H,28,31)(H,29,32). The molecule has 1 aliphatic heterocycles. The fraction of sp³-hybridized carbons (Fsp3) is 0.630. The van der Waals surface area contributed by atoms with Crippen LogP contribution in [0.2, 0.25) is 0 Å². The summed E-state index contributed by atoms with van der Waals surface area (Å²) < 4.78 is 10.9. The van der Waals surface area contributed by atoms with Gasteiger partial charge in [-0.25, -0.2) is 0 Å². The van der Waals surface area contributed by atoms with Gasteiger partial charge in [-0.1, -0.05) is 43.7 Å². The van der Waals surface area contributed by atoms with Gasteiger partial charge >= 0.3 is 0 Å². The van der Waals surface area contributed by atoms with E-state index >= 15 is 0 Å². The topological polar surface area (TPSA) is 79.9 Å². The van der Waals surface area contributed by atoms with Gasteiger partial charge in [0.25, 0.3) is 5.91 Å². The smallest absolute Gasteiger partial charge is 0.257 e. The molecule has 7 nitrogen and oxygen atoms in total. The van der Waals surface area contributed by atoms with Gasteiger partial charge in [-0.05, 0) is 49.1 Å². The van der Waals surface area contributed by atoms with Crippen LogP contribution in [0.15, 0.2) is 42.0 Å². The van der Waals surface area contributed by atoms with Crippen LogP contribution in [0.1, 0.15) is 33.6 Å². The summed E-state index contributed by atoms with van der Waals surface area (Å²) in [4.78, 5) is 27.3. The maximum atomic E-state index is 12.6. The van der Waals surface area contributed by atoms with Crippen LogP contribution in [0.25, 0.3) is 0 Å². The van der Waals surface area contributed by atoms with E-state index in [9.17, 15) is 9.59 Å². The molecule has 1 heterocycles. The molecule has 2 aliphatic rings. The maximum absolute atomic E-state index is 12.6. The molecule has 188 valence electrons. The average Bonchev–Trinajstić information content (AvgIpc) is 2.84. The van der Waals surface area contributed by atoms with Gasteiger partial charge in [-0.2, -0.15) is 0 Å². The number of carbonyl (C=O) groups is 2. The summed E-state index contributed by atoms with van der Waals surface area (Å²) >= 11 is 0. The largest absolute Gasteiger partial charge is 0.484 e. The van der Waals surface area contributed by atoms with Crippen molar-refractivity contribution in [3.63, 3.8) is 0 Å². The molecule has 3 unspecified atom stereocenters. The molecule has 2 amide bonds. The number of rotatable bonds is 11. The minimum absolute atomic E-state index is 0.0129. The van der Waals surface area contributed by atoms with Crippen LogP contribution < -0.4 is 15.4 Å². The number of nitrogens with zero attached hydrogens (tertiary/aromatic N) is 1. The average molecular weight is 472 g/mol. The van der Waals surface area contributed by atoms with Crippen molar-refractivity contribution in [3.8, 4) is 5.75 Å². The highest BCUT2D eigenvalue weighted by Gasteiger charge is 2.32. The Morgan fingerprint density at radius 2 is 1.85 bits per heavy atom. The minimum Gasteiger partial charge on any atom is -0.484 e. The maximum Gasteiger partial charge on any atom is 0.257 e. The molecular formula is C27H41N3O4. The SMILES string of the molecule is CC1=CC(CNC(=O)COc2ccccc2)C(C(C)C)CC1CC(=O)NCCN1CCOCC1. The second-order valence-corrected chi connectivity index (χ2v) is 9.83. The molecule has 34 heavy (non-hydrogen) atoms. The highest BCUT2D eigenvalue weighted by Crippen LogP contribution is 2.38. The Morgan fingerprint density at radius 1 is 1.12 bits per heavy atom. The first-order valence-electron chi connectivity index (χ1n) is 12.6. The lowest BCUT2D eigenvalue weighted by Crippen LogP contribution is -2.42. The molecular weight excluding hydrogens is 430 g/mol. The third kappa shape index (κ3) is 8.44. The number of carbonyl (C=O) groups excluding carboxylic acids is 2.